The molecule has 1 saturated heterocycles. The molecule has 2 atom stereocenters. The van der Waals surface area contributed by atoms with Crippen LogP contribution in [0.2, 0.25) is 0 Å². The SMILES string of the molecule is C[C@@H]1CN(C(=O)C2CC2)CC[C@@H]1NCc1ccccc1F. The maximum atomic E-state index is 13.6. The van der Waals surface area contributed by atoms with E-state index in [4.69, 9.17) is 0 Å². The number of carbonyl (C=O) groups excluding carboxylic acids is 1. The van der Waals surface area contributed by atoms with Gasteiger partial charge in [0, 0.05) is 37.2 Å². The Morgan fingerprint density at radius 3 is 2.76 bits per heavy atom. The molecule has 1 aliphatic carbocycles. The second-order valence-electron chi connectivity index (χ2n) is 6.40. The van der Waals surface area contributed by atoms with Gasteiger partial charge in [0.1, 0.15) is 5.82 Å². The van der Waals surface area contributed by atoms with Crippen LogP contribution in [0.5, 0.6) is 0 Å². The maximum absolute atomic E-state index is 13.6. The number of nitrogens with one attached hydrogen (secondary N) is 1. The normalized spacial score (nSPS) is 25.9. The van der Waals surface area contributed by atoms with Crippen molar-refractivity contribution in [2.24, 2.45) is 11.8 Å². The number of hydrogen-bond donors (Lipinski definition) is 1. The Hall–Kier alpha value is -1.42. The van der Waals surface area contributed by atoms with Crippen molar-refractivity contribution in [3.63, 3.8) is 0 Å². The van der Waals surface area contributed by atoms with Crippen LogP contribution in [-0.4, -0.2) is 29.9 Å². The summed E-state index contributed by atoms with van der Waals surface area (Å²) in [7, 11) is 0. The second kappa shape index (κ2) is 6.14. The smallest absolute Gasteiger partial charge is 0.225 e. The fourth-order valence-corrected chi connectivity index (χ4v) is 3.12. The van der Waals surface area contributed by atoms with Crippen molar-refractivity contribution >= 4 is 5.91 Å². The van der Waals surface area contributed by atoms with Crippen molar-refractivity contribution in [1.82, 2.24) is 10.2 Å². The molecule has 2 aliphatic rings. The van der Waals surface area contributed by atoms with Crippen molar-refractivity contribution in [1.29, 1.82) is 0 Å². The van der Waals surface area contributed by atoms with Gasteiger partial charge in [0.15, 0.2) is 0 Å². The van der Waals surface area contributed by atoms with E-state index in [1.54, 1.807) is 6.07 Å². The average Bonchev–Trinajstić information content (AvgIpc) is 3.31. The van der Waals surface area contributed by atoms with Crippen LogP contribution in [0.4, 0.5) is 4.39 Å². The Labute approximate surface area is 125 Å². The molecule has 4 heteroatoms. The zero-order valence-electron chi connectivity index (χ0n) is 12.5. The molecule has 1 N–H and O–H groups in total. The zero-order valence-corrected chi connectivity index (χ0v) is 12.5. The molecule has 21 heavy (non-hydrogen) atoms. The molecule has 1 aliphatic heterocycles. The summed E-state index contributed by atoms with van der Waals surface area (Å²) in [5, 5.41) is 3.45. The molecule has 1 aromatic carbocycles. The highest BCUT2D eigenvalue weighted by Gasteiger charge is 2.36. The molecular formula is C17H23FN2O. The van der Waals surface area contributed by atoms with Crippen molar-refractivity contribution < 1.29 is 9.18 Å². The summed E-state index contributed by atoms with van der Waals surface area (Å²) in [6, 6.07) is 7.24. The number of halogens is 1. The molecule has 3 rings (SSSR count). The lowest BCUT2D eigenvalue weighted by Gasteiger charge is -2.37. The van der Waals surface area contributed by atoms with Gasteiger partial charge in [-0.15, -0.1) is 0 Å². The third-order valence-electron chi connectivity index (χ3n) is 4.66. The minimum absolute atomic E-state index is 0.154. The minimum atomic E-state index is -0.154. The van der Waals surface area contributed by atoms with Gasteiger partial charge in [-0.2, -0.15) is 0 Å². The highest BCUT2D eigenvalue weighted by molar-refractivity contribution is 5.81. The first-order valence-electron chi connectivity index (χ1n) is 7.90. The number of likely N-dealkylation sites (tertiary alicyclic amines) is 1. The van der Waals surface area contributed by atoms with Crippen LogP contribution in [0.25, 0.3) is 0 Å². The number of carbonyl (C=O) groups is 1. The molecule has 2 fully saturated rings. The summed E-state index contributed by atoms with van der Waals surface area (Å²) in [5.41, 5.74) is 0.709. The van der Waals surface area contributed by atoms with Gasteiger partial charge in [0.2, 0.25) is 5.91 Å². The molecular weight excluding hydrogens is 267 g/mol. The van der Waals surface area contributed by atoms with E-state index in [9.17, 15) is 9.18 Å². The Bertz CT molecular complexity index is 515. The fraction of sp³-hybridized carbons (Fsp3) is 0.588. The van der Waals surface area contributed by atoms with Gasteiger partial charge in [-0.05, 0) is 31.2 Å². The monoisotopic (exact) mass is 290 g/mol. The summed E-state index contributed by atoms with van der Waals surface area (Å²) < 4.78 is 13.6. The third kappa shape index (κ3) is 3.43. The molecule has 0 bridgehead atoms. The molecule has 1 amide bonds. The van der Waals surface area contributed by atoms with Gasteiger partial charge >= 0.3 is 0 Å². The van der Waals surface area contributed by atoms with Crippen LogP contribution in [0.3, 0.4) is 0 Å². The zero-order chi connectivity index (χ0) is 14.8. The van der Waals surface area contributed by atoms with Crippen molar-refractivity contribution in [2.45, 2.75) is 38.8 Å². The number of amides is 1. The standard InChI is InChI=1S/C17H23FN2O/c1-12-11-20(17(21)13-6-7-13)9-8-16(12)19-10-14-4-2-3-5-15(14)18/h2-5,12-13,16,19H,6-11H2,1H3/t12-,16+/m1/s1. The van der Waals surface area contributed by atoms with Gasteiger partial charge in [-0.1, -0.05) is 25.1 Å². The Morgan fingerprint density at radius 1 is 1.33 bits per heavy atom. The van der Waals surface area contributed by atoms with Crippen molar-refractivity contribution in [2.75, 3.05) is 13.1 Å². The van der Waals surface area contributed by atoms with Crippen LogP contribution in [0.15, 0.2) is 24.3 Å². The molecule has 1 heterocycles. The molecule has 0 radical (unpaired) electrons. The van der Waals surface area contributed by atoms with E-state index in [1.165, 1.54) is 6.07 Å². The van der Waals surface area contributed by atoms with Crippen LogP contribution in [0, 0.1) is 17.7 Å². The van der Waals surface area contributed by atoms with E-state index in [0.717, 1.165) is 32.4 Å². The number of rotatable bonds is 4. The van der Waals surface area contributed by atoms with Crippen molar-refractivity contribution in [3.8, 4) is 0 Å². The molecule has 114 valence electrons. The molecule has 3 nitrogen and oxygen atoms in total. The number of benzene rings is 1. The second-order valence-corrected chi connectivity index (χ2v) is 6.40. The molecule has 0 aromatic heterocycles. The van der Waals surface area contributed by atoms with Gasteiger partial charge in [-0.25, -0.2) is 4.39 Å². The predicted octanol–water partition coefficient (Wildman–Crippen LogP) is 2.56. The lowest BCUT2D eigenvalue weighted by molar-refractivity contribution is -0.134. The average molecular weight is 290 g/mol. The topological polar surface area (TPSA) is 32.3 Å². The van der Waals surface area contributed by atoms with Gasteiger partial charge in [0.05, 0.1) is 0 Å². The molecule has 0 unspecified atom stereocenters. The maximum Gasteiger partial charge on any atom is 0.225 e. The largest absolute Gasteiger partial charge is 0.342 e. The predicted molar refractivity (Wildman–Crippen MR) is 80.1 cm³/mol. The summed E-state index contributed by atoms with van der Waals surface area (Å²) in [4.78, 5) is 14.1. The van der Waals surface area contributed by atoms with Gasteiger partial charge in [0.25, 0.3) is 0 Å². The number of hydrogen-bond acceptors (Lipinski definition) is 2. The summed E-state index contributed by atoms with van der Waals surface area (Å²) in [6.07, 6.45) is 3.09. The van der Waals surface area contributed by atoms with Gasteiger partial charge < -0.3 is 10.2 Å². The quantitative estimate of drug-likeness (QED) is 0.924. The third-order valence-corrected chi connectivity index (χ3v) is 4.66. The highest BCUT2D eigenvalue weighted by Crippen LogP contribution is 2.32. The first kappa shape index (κ1) is 14.5. The lowest BCUT2D eigenvalue weighted by atomic mass is 9.93. The van der Waals surface area contributed by atoms with Crippen LogP contribution in [-0.2, 0) is 11.3 Å². The molecule has 0 spiro atoms. The minimum Gasteiger partial charge on any atom is -0.342 e. The van der Waals surface area contributed by atoms with E-state index >= 15 is 0 Å². The van der Waals surface area contributed by atoms with E-state index in [0.29, 0.717) is 35.9 Å². The van der Waals surface area contributed by atoms with E-state index in [2.05, 4.69) is 12.2 Å². The number of nitrogens with zero attached hydrogens (tertiary/aromatic N) is 1. The number of piperidine rings is 1. The van der Waals surface area contributed by atoms with Gasteiger partial charge in [-0.3, -0.25) is 4.79 Å². The fourth-order valence-electron chi connectivity index (χ4n) is 3.12. The molecule has 1 aromatic rings. The first-order valence-corrected chi connectivity index (χ1v) is 7.90. The van der Waals surface area contributed by atoms with E-state index in [1.807, 2.05) is 17.0 Å². The summed E-state index contributed by atoms with van der Waals surface area (Å²) >= 11 is 0. The van der Waals surface area contributed by atoms with Crippen LogP contribution >= 0.6 is 0 Å². The van der Waals surface area contributed by atoms with Crippen molar-refractivity contribution in [3.05, 3.63) is 35.6 Å². The summed E-state index contributed by atoms with van der Waals surface area (Å²) in [6.45, 7) is 4.38. The summed E-state index contributed by atoms with van der Waals surface area (Å²) in [5.74, 6) is 0.904. The molecule has 1 saturated carbocycles. The Morgan fingerprint density at radius 2 is 2.10 bits per heavy atom. The van der Waals surface area contributed by atoms with Crippen LogP contribution < -0.4 is 5.32 Å². The van der Waals surface area contributed by atoms with E-state index in [-0.39, 0.29) is 5.82 Å². The van der Waals surface area contributed by atoms with E-state index < -0.39 is 0 Å². The van der Waals surface area contributed by atoms with Crippen LogP contribution in [0.1, 0.15) is 31.7 Å². The highest BCUT2D eigenvalue weighted by atomic mass is 19.1. The first-order chi connectivity index (χ1) is 10.1. The lowest BCUT2D eigenvalue weighted by Crippen LogP contribution is -2.50. The Balaban J connectivity index is 1.51. The Kier molecular flexibility index (Phi) is 4.24.